The van der Waals surface area contributed by atoms with E-state index >= 15 is 0 Å². The van der Waals surface area contributed by atoms with Crippen LogP contribution in [0.5, 0.6) is 0 Å². The summed E-state index contributed by atoms with van der Waals surface area (Å²) in [5, 5.41) is 1.21. The molecule has 1 rings (SSSR count). The van der Waals surface area contributed by atoms with Gasteiger partial charge in [-0.2, -0.15) is 0 Å². The zero-order valence-corrected chi connectivity index (χ0v) is 7.61. The van der Waals surface area contributed by atoms with Crippen molar-refractivity contribution < 1.29 is 0 Å². The number of hydrogen-bond donors (Lipinski definition) is 1. The maximum Gasteiger partial charge on any atom is 0.146 e. The Hall–Kier alpha value is -0.480. The summed E-state index contributed by atoms with van der Waals surface area (Å²) in [6, 6.07) is 0. The lowest BCUT2D eigenvalue weighted by Crippen LogP contribution is -1.94. The summed E-state index contributed by atoms with van der Waals surface area (Å²) in [5.74, 6) is 1.27. The maximum absolute atomic E-state index is 5.80. The van der Waals surface area contributed by atoms with Crippen LogP contribution in [-0.2, 0) is 0 Å². The maximum atomic E-state index is 5.80. The lowest BCUT2D eigenvalue weighted by molar-refractivity contribution is 1.06. The molecule has 0 radical (unpaired) electrons. The Morgan fingerprint density at radius 2 is 2.36 bits per heavy atom. The summed E-state index contributed by atoms with van der Waals surface area (Å²) >= 11 is 7.35. The Morgan fingerprint density at radius 1 is 1.64 bits per heavy atom. The van der Waals surface area contributed by atoms with E-state index in [1.54, 1.807) is 11.8 Å². The topological polar surface area (TPSA) is 51.8 Å². The Morgan fingerprint density at radius 3 is 3.00 bits per heavy atom. The van der Waals surface area contributed by atoms with Gasteiger partial charge in [-0.3, -0.25) is 0 Å². The zero-order valence-electron chi connectivity index (χ0n) is 6.04. The molecule has 1 aromatic rings. The molecule has 0 saturated heterocycles. The summed E-state index contributed by atoms with van der Waals surface area (Å²) in [6.45, 7) is 2.03. The van der Waals surface area contributed by atoms with Crippen molar-refractivity contribution in [2.24, 2.45) is 0 Å². The van der Waals surface area contributed by atoms with Gasteiger partial charge in [0.15, 0.2) is 0 Å². The Bertz CT molecular complexity index is 254. The number of aromatic nitrogens is 2. The van der Waals surface area contributed by atoms with Gasteiger partial charge in [-0.1, -0.05) is 18.5 Å². The van der Waals surface area contributed by atoms with E-state index in [2.05, 4.69) is 9.97 Å². The molecule has 1 aromatic heterocycles. The number of hydrogen-bond acceptors (Lipinski definition) is 4. The van der Waals surface area contributed by atoms with Crippen LogP contribution < -0.4 is 5.73 Å². The fourth-order valence-corrected chi connectivity index (χ4v) is 1.49. The van der Waals surface area contributed by atoms with Gasteiger partial charge < -0.3 is 5.73 Å². The number of rotatable bonds is 2. The fourth-order valence-electron chi connectivity index (χ4n) is 0.604. The van der Waals surface area contributed by atoms with Crippen LogP contribution in [0.1, 0.15) is 6.92 Å². The zero-order chi connectivity index (χ0) is 8.27. The molecule has 3 nitrogen and oxygen atoms in total. The summed E-state index contributed by atoms with van der Waals surface area (Å²) < 4.78 is 0. The average Bonchev–Trinajstić information content (AvgIpc) is 1.99. The molecule has 0 fully saturated rings. The van der Waals surface area contributed by atoms with Gasteiger partial charge in [0.2, 0.25) is 0 Å². The third-order valence-electron chi connectivity index (χ3n) is 1.07. The molecule has 60 valence electrons. The third-order valence-corrected chi connectivity index (χ3v) is 2.42. The largest absolute Gasteiger partial charge is 0.382 e. The van der Waals surface area contributed by atoms with Crippen LogP contribution in [0.4, 0.5) is 5.82 Å². The van der Waals surface area contributed by atoms with Gasteiger partial charge in [-0.15, -0.1) is 11.8 Å². The van der Waals surface area contributed by atoms with Crippen molar-refractivity contribution in [2.75, 3.05) is 11.5 Å². The highest BCUT2D eigenvalue weighted by atomic mass is 35.5. The van der Waals surface area contributed by atoms with E-state index in [-0.39, 0.29) is 0 Å². The lowest BCUT2D eigenvalue weighted by Gasteiger charge is -2.00. The van der Waals surface area contributed by atoms with Crippen LogP contribution in [0.3, 0.4) is 0 Å². The molecular formula is C6H8ClN3S. The van der Waals surface area contributed by atoms with E-state index in [0.29, 0.717) is 10.8 Å². The Labute approximate surface area is 74.4 Å². The smallest absolute Gasteiger partial charge is 0.146 e. The van der Waals surface area contributed by atoms with Crippen molar-refractivity contribution in [2.45, 2.75) is 11.9 Å². The first-order valence-electron chi connectivity index (χ1n) is 3.14. The monoisotopic (exact) mass is 189 g/mol. The van der Waals surface area contributed by atoms with E-state index in [1.165, 1.54) is 6.33 Å². The molecule has 0 amide bonds. The normalized spacial score (nSPS) is 10.0. The quantitative estimate of drug-likeness (QED) is 0.570. The molecule has 0 atom stereocenters. The molecule has 1 heterocycles. The van der Waals surface area contributed by atoms with Gasteiger partial charge in [-0.25, -0.2) is 9.97 Å². The fraction of sp³-hybridized carbons (Fsp3) is 0.333. The van der Waals surface area contributed by atoms with Crippen LogP contribution in [-0.4, -0.2) is 15.7 Å². The van der Waals surface area contributed by atoms with Gasteiger partial charge in [-0.05, 0) is 5.75 Å². The third kappa shape index (κ3) is 1.97. The highest BCUT2D eigenvalue weighted by molar-refractivity contribution is 7.99. The van der Waals surface area contributed by atoms with E-state index < -0.39 is 0 Å². The Balaban J connectivity index is 2.96. The van der Waals surface area contributed by atoms with E-state index in [0.717, 1.165) is 10.8 Å². The second kappa shape index (κ2) is 3.78. The second-order valence-corrected chi connectivity index (χ2v) is 3.44. The number of nitrogen functional groups attached to an aromatic ring is 1. The predicted octanol–water partition coefficient (Wildman–Crippen LogP) is 1.82. The summed E-state index contributed by atoms with van der Waals surface area (Å²) in [5.41, 5.74) is 5.45. The first-order valence-corrected chi connectivity index (χ1v) is 4.50. The van der Waals surface area contributed by atoms with Crippen LogP contribution >= 0.6 is 23.4 Å². The van der Waals surface area contributed by atoms with Gasteiger partial charge in [0.05, 0.1) is 0 Å². The van der Waals surface area contributed by atoms with Crippen molar-refractivity contribution in [3.05, 3.63) is 11.3 Å². The minimum Gasteiger partial charge on any atom is -0.382 e. The highest BCUT2D eigenvalue weighted by Crippen LogP contribution is 2.27. The van der Waals surface area contributed by atoms with Crippen LogP contribution in [0, 0.1) is 0 Å². The number of halogens is 1. The van der Waals surface area contributed by atoms with Crippen LogP contribution in [0.2, 0.25) is 5.02 Å². The van der Waals surface area contributed by atoms with Gasteiger partial charge in [0, 0.05) is 0 Å². The summed E-state index contributed by atoms with van der Waals surface area (Å²) in [4.78, 5) is 7.71. The average molecular weight is 190 g/mol. The molecule has 0 unspecified atom stereocenters. The predicted molar refractivity (Wildman–Crippen MR) is 47.9 cm³/mol. The standard InChI is InChI=1S/C6H8ClN3S/c1-2-11-6-4(7)5(8)9-3-10-6/h3H,2H2,1H3,(H2,8,9,10). The van der Waals surface area contributed by atoms with E-state index in [9.17, 15) is 0 Å². The molecule has 0 aliphatic rings. The van der Waals surface area contributed by atoms with Crippen LogP contribution in [0.15, 0.2) is 11.4 Å². The van der Waals surface area contributed by atoms with Crippen molar-refractivity contribution >= 4 is 29.2 Å². The first kappa shape index (κ1) is 8.62. The SMILES string of the molecule is CCSc1ncnc(N)c1Cl. The minimum absolute atomic E-state index is 0.345. The first-order chi connectivity index (χ1) is 5.25. The molecule has 0 aliphatic carbocycles. The molecule has 2 N–H and O–H groups in total. The molecular weight excluding hydrogens is 182 g/mol. The van der Waals surface area contributed by atoms with Gasteiger partial charge in [0.25, 0.3) is 0 Å². The molecule has 11 heavy (non-hydrogen) atoms. The molecule has 0 aromatic carbocycles. The molecule has 5 heteroatoms. The van der Waals surface area contributed by atoms with Crippen molar-refractivity contribution in [3.8, 4) is 0 Å². The summed E-state index contributed by atoms with van der Waals surface area (Å²) in [7, 11) is 0. The lowest BCUT2D eigenvalue weighted by atomic mass is 10.6. The van der Waals surface area contributed by atoms with Crippen molar-refractivity contribution in [1.82, 2.24) is 9.97 Å². The molecule has 0 saturated carbocycles. The van der Waals surface area contributed by atoms with Crippen molar-refractivity contribution in [3.63, 3.8) is 0 Å². The minimum atomic E-state index is 0.345. The van der Waals surface area contributed by atoms with Gasteiger partial charge in [0.1, 0.15) is 22.2 Å². The molecule has 0 aliphatic heterocycles. The number of nitrogens with two attached hydrogens (primary N) is 1. The molecule has 0 spiro atoms. The van der Waals surface area contributed by atoms with Crippen molar-refractivity contribution in [1.29, 1.82) is 0 Å². The highest BCUT2D eigenvalue weighted by Gasteiger charge is 2.04. The number of anilines is 1. The van der Waals surface area contributed by atoms with E-state index in [4.69, 9.17) is 17.3 Å². The summed E-state index contributed by atoms with van der Waals surface area (Å²) in [6.07, 6.45) is 1.42. The molecule has 0 bridgehead atoms. The Kier molecular flexibility index (Phi) is 2.96. The van der Waals surface area contributed by atoms with E-state index in [1.807, 2.05) is 6.92 Å². The van der Waals surface area contributed by atoms with Gasteiger partial charge >= 0.3 is 0 Å². The number of nitrogens with zero attached hydrogens (tertiary/aromatic N) is 2. The second-order valence-electron chi connectivity index (χ2n) is 1.81. The number of thioether (sulfide) groups is 1. The van der Waals surface area contributed by atoms with Crippen LogP contribution in [0.25, 0.3) is 0 Å².